The number of carbonyl (C=O) groups excluding carboxylic acids is 2. The molecule has 9 heteroatoms. The zero-order valence-electron chi connectivity index (χ0n) is 18.8. The smallest absolute Gasteiger partial charge is 0.251 e. The van der Waals surface area contributed by atoms with Gasteiger partial charge in [-0.2, -0.15) is 0 Å². The number of anilines is 1. The third-order valence-electron chi connectivity index (χ3n) is 5.72. The number of amides is 2. The first kappa shape index (κ1) is 22.8. The molecule has 0 aliphatic carbocycles. The van der Waals surface area contributed by atoms with Crippen LogP contribution in [0.15, 0.2) is 65.8 Å². The molecule has 3 aromatic rings. The van der Waals surface area contributed by atoms with Crippen LogP contribution in [0.4, 0.5) is 5.69 Å². The zero-order chi connectivity index (χ0) is 23.2. The second-order valence-corrected chi connectivity index (χ2v) is 8.90. The van der Waals surface area contributed by atoms with Crippen LogP contribution in [-0.4, -0.2) is 63.4 Å². The van der Waals surface area contributed by atoms with Crippen molar-refractivity contribution in [2.24, 2.45) is 7.05 Å². The van der Waals surface area contributed by atoms with Crippen LogP contribution < -0.4 is 10.2 Å². The van der Waals surface area contributed by atoms with Gasteiger partial charge in [0.2, 0.25) is 5.91 Å². The maximum atomic E-state index is 12.7. The predicted molar refractivity (Wildman–Crippen MR) is 129 cm³/mol. The van der Waals surface area contributed by atoms with Crippen molar-refractivity contribution in [3.63, 3.8) is 0 Å². The molecule has 8 nitrogen and oxygen atoms in total. The van der Waals surface area contributed by atoms with E-state index in [-0.39, 0.29) is 17.9 Å². The van der Waals surface area contributed by atoms with Crippen molar-refractivity contribution < 1.29 is 9.59 Å². The summed E-state index contributed by atoms with van der Waals surface area (Å²) >= 11 is 1.37. The molecule has 1 aliphatic heterocycles. The van der Waals surface area contributed by atoms with E-state index in [9.17, 15) is 9.59 Å². The lowest BCUT2D eigenvalue weighted by molar-refractivity contribution is -0.128. The van der Waals surface area contributed by atoms with E-state index in [2.05, 4.69) is 32.5 Å². The third-order valence-corrected chi connectivity index (χ3v) is 6.72. The molecular formula is C24H28N6O2S. The highest BCUT2D eigenvalue weighted by Gasteiger charge is 2.23. The molecule has 2 heterocycles. The number of hydrogen-bond acceptors (Lipinski definition) is 6. The van der Waals surface area contributed by atoms with Gasteiger partial charge in [0, 0.05) is 44.5 Å². The fraction of sp³-hybridized carbons (Fsp3) is 0.333. The number of para-hydroxylation sites is 1. The molecule has 1 saturated heterocycles. The molecule has 0 saturated carbocycles. The first-order valence-corrected chi connectivity index (χ1v) is 12.0. The summed E-state index contributed by atoms with van der Waals surface area (Å²) in [5, 5.41) is 12.1. The minimum atomic E-state index is -0.314. The minimum absolute atomic E-state index is 0.0997. The summed E-state index contributed by atoms with van der Waals surface area (Å²) < 4.78 is 1.83. The summed E-state index contributed by atoms with van der Waals surface area (Å²) in [6.45, 7) is 4.94. The van der Waals surface area contributed by atoms with Gasteiger partial charge in [-0.3, -0.25) is 9.59 Å². The van der Waals surface area contributed by atoms with Crippen molar-refractivity contribution in [1.29, 1.82) is 0 Å². The van der Waals surface area contributed by atoms with Gasteiger partial charge in [0.25, 0.3) is 5.91 Å². The molecule has 1 N–H and O–H groups in total. The Morgan fingerprint density at radius 2 is 1.61 bits per heavy atom. The molecule has 1 aliphatic rings. The number of nitrogens with one attached hydrogen (secondary N) is 1. The number of aromatic nitrogens is 3. The van der Waals surface area contributed by atoms with Crippen molar-refractivity contribution >= 4 is 29.3 Å². The molecule has 172 valence electrons. The Balaban J connectivity index is 1.28. The lowest BCUT2D eigenvalue weighted by atomic mass is 10.2. The molecule has 1 atom stereocenters. The number of rotatable bonds is 7. The Hall–Kier alpha value is -3.33. The van der Waals surface area contributed by atoms with E-state index in [0.29, 0.717) is 35.4 Å². The van der Waals surface area contributed by atoms with Gasteiger partial charge in [0.1, 0.15) is 0 Å². The number of hydrogen-bond donors (Lipinski definition) is 1. The van der Waals surface area contributed by atoms with Gasteiger partial charge >= 0.3 is 0 Å². The van der Waals surface area contributed by atoms with E-state index in [1.165, 1.54) is 17.4 Å². The van der Waals surface area contributed by atoms with Crippen molar-refractivity contribution in [3.05, 3.63) is 72.1 Å². The van der Waals surface area contributed by atoms with Gasteiger partial charge in [-0.05, 0) is 31.2 Å². The standard InChI is InChI=1S/C24H28N6O2S/c1-18(25-23(32)19-9-5-3-6-10-19)22-26-27-24(28(22)2)33-17-21(31)30-15-13-29(14-16-30)20-11-7-4-8-12-20/h3-12,18H,13-17H2,1-2H3,(H,25,32)/t18-/m0/s1. The third kappa shape index (κ3) is 5.54. The molecule has 2 aromatic carbocycles. The number of thioether (sulfide) groups is 1. The van der Waals surface area contributed by atoms with Crippen LogP contribution in [0.25, 0.3) is 0 Å². The Morgan fingerprint density at radius 3 is 2.27 bits per heavy atom. The van der Waals surface area contributed by atoms with Crippen LogP contribution in [0.1, 0.15) is 29.1 Å². The first-order chi connectivity index (χ1) is 16.0. The van der Waals surface area contributed by atoms with Crippen LogP contribution in [0, 0.1) is 0 Å². The largest absolute Gasteiger partial charge is 0.368 e. The van der Waals surface area contributed by atoms with E-state index < -0.39 is 0 Å². The van der Waals surface area contributed by atoms with E-state index in [1.807, 2.05) is 59.8 Å². The van der Waals surface area contributed by atoms with E-state index in [4.69, 9.17) is 0 Å². The summed E-state index contributed by atoms with van der Waals surface area (Å²) in [5.41, 5.74) is 1.79. The zero-order valence-corrected chi connectivity index (χ0v) is 19.7. The van der Waals surface area contributed by atoms with Gasteiger partial charge in [0.15, 0.2) is 11.0 Å². The van der Waals surface area contributed by atoms with Crippen LogP contribution in [-0.2, 0) is 11.8 Å². The number of benzene rings is 2. The molecule has 1 fully saturated rings. The lowest BCUT2D eigenvalue weighted by Crippen LogP contribution is -2.49. The van der Waals surface area contributed by atoms with Gasteiger partial charge in [-0.1, -0.05) is 48.2 Å². The highest BCUT2D eigenvalue weighted by Crippen LogP contribution is 2.21. The SMILES string of the molecule is C[C@H](NC(=O)c1ccccc1)c1nnc(SCC(=O)N2CCN(c3ccccc3)CC2)n1C. The van der Waals surface area contributed by atoms with Crippen LogP contribution in [0.3, 0.4) is 0 Å². The van der Waals surface area contributed by atoms with Crippen LogP contribution in [0.2, 0.25) is 0 Å². The Kier molecular flexibility index (Phi) is 7.29. The van der Waals surface area contributed by atoms with Gasteiger partial charge in [-0.25, -0.2) is 0 Å². The maximum Gasteiger partial charge on any atom is 0.251 e. The lowest BCUT2D eigenvalue weighted by Gasteiger charge is -2.36. The summed E-state index contributed by atoms with van der Waals surface area (Å²) in [5.74, 6) is 0.890. The predicted octanol–water partition coefficient (Wildman–Crippen LogP) is 2.75. The first-order valence-electron chi connectivity index (χ1n) is 11.0. The molecule has 2 amide bonds. The van der Waals surface area contributed by atoms with Gasteiger partial charge < -0.3 is 19.7 Å². The maximum absolute atomic E-state index is 12.7. The monoisotopic (exact) mass is 464 g/mol. The van der Waals surface area contributed by atoms with Gasteiger partial charge in [0.05, 0.1) is 11.8 Å². The summed E-state index contributed by atoms with van der Waals surface area (Å²) in [6, 6.07) is 19.0. The number of nitrogens with zero attached hydrogens (tertiary/aromatic N) is 5. The van der Waals surface area contributed by atoms with Crippen molar-refractivity contribution in [2.45, 2.75) is 18.1 Å². The van der Waals surface area contributed by atoms with Crippen LogP contribution >= 0.6 is 11.8 Å². The average Bonchev–Trinajstić information content (AvgIpc) is 3.24. The molecule has 0 unspecified atom stereocenters. The number of carbonyl (C=O) groups is 2. The summed E-state index contributed by atoms with van der Waals surface area (Å²) in [4.78, 5) is 29.4. The molecule has 33 heavy (non-hydrogen) atoms. The van der Waals surface area contributed by atoms with Gasteiger partial charge in [-0.15, -0.1) is 10.2 Å². The average molecular weight is 465 g/mol. The summed E-state index contributed by atoms with van der Waals surface area (Å²) in [7, 11) is 1.85. The van der Waals surface area contributed by atoms with E-state index >= 15 is 0 Å². The second kappa shape index (κ2) is 10.5. The highest BCUT2D eigenvalue weighted by atomic mass is 32.2. The summed E-state index contributed by atoms with van der Waals surface area (Å²) in [6.07, 6.45) is 0. The van der Waals surface area contributed by atoms with E-state index in [1.54, 1.807) is 12.1 Å². The molecule has 4 rings (SSSR count). The highest BCUT2D eigenvalue weighted by molar-refractivity contribution is 7.99. The fourth-order valence-corrected chi connectivity index (χ4v) is 4.65. The molecule has 0 bridgehead atoms. The molecule has 0 radical (unpaired) electrons. The van der Waals surface area contributed by atoms with E-state index in [0.717, 1.165) is 13.1 Å². The topological polar surface area (TPSA) is 83.4 Å². The molecule has 1 aromatic heterocycles. The second-order valence-electron chi connectivity index (χ2n) is 7.95. The van der Waals surface area contributed by atoms with Crippen molar-refractivity contribution in [3.8, 4) is 0 Å². The Labute approximate surface area is 198 Å². The van der Waals surface area contributed by atoms with Crippen molar-refractivity contribution in [1.82, 2.24) is 25.0 Å². The fourth-order valence-electron chi connectivity index (χ4n) is 3.83. The normalized spacial score (nSPS) is 14.7. The van der Waals surface area contributed by atoms with Crippen LogP contribution in [0.5, 0.6) is 0 Å². The molecule has 0 spiro atoms. The minimum Gasteiger partial charge on any atom is -0.368 e. The quantitative estimate of drug-likeness (QED) is 0.542. The van der Waals surface area contributed by atoms with Crippen molar-refractivity contribution in [2.75, 3.05) is 36.8 Å². The Bertz CT molecular complexity index is 1080. The number of piperazine rings is 1. The molecular weight excluding hydrogens is 436 g/mol. The Morgan fingerprint density at radius 1 is 0.970 bits per heavy atom.